The Morgan fingerprint density at radius 2 is 2.15 bits per heavy atom. The van der Waals surface area contributed by atoms with Gasteiger partial charge in [-0.25, -0.2) is 0 Å². The third-order valence-electron chi connectivity index (χ3n) is 7.73. The van der Waals surface area contributed by atoms with E-state index in [1.807, 2.05) is 0 Å². The van der Waals surface area contributed by atoms with Crippen molar-refractivity contribution in [2.45, 2.75) is 56.1 Å². The summed E-state index contributed by atoms with van der Waals surface area (Å²) in [4.78, 5) is 28.1. The largest absolute Gasteiger partial charge is 0.504 e. The molecule has 1 spiro atoms. The van der Waals surface area contributed by atoms with Gasteiger partial charge < -0.3 is 14.7 Å². The lowest BCUT2D eigenvalue weighted by atomic mass is 9.51. The maximum Gasteiger partial charge on any atom is 0.174 e. The molecule has 2 heterocycles. The minimum absolute atomic E-state index is 0.0421. The summed E-state index contributed by atoms with van der Waals surface area (Å²) in [7, 11) is 2.16. The number of aromatic hydroxyl groups is 1. The van der Waals surface area contributed by atoms with Gasteiger partial charge in [-0.1, -0.05) is 0 Å². The van der Waals surface area contributed by atoms with Crippen LogP contribution in [0.1, 0.15) is 53.6 Å². The molecule has 6 rings (SSSR count). The van der Waals surface area contributed by atoms with E-state index in [0.717, 1.165) is 49.8 Å². The second-order valence-corrected chi connectivity index (χ2v) is 8.92. The fraction of sp³-hybridized carbons (Fsp3) is 0.619. The number of phenolic OH excluding ortho intramolecular Hbond substituents is 1. The molecule has 0 radical (unpaired) electrons. The van der Waals surface area contributed by atoms with Crippen LogP contribution < -0.4 is 4.74 Å². The van der Waals surface area contributed by atoms with E-state index < -0.39 is 6.10 Å². The maximum atomic E-state index is 12.9. The smallest absolute Gasteiger partial charge is 0.174 e. The molecule has 5 heteroatoms. The van der Waals surface area contributed by atoms with Crippen molar-refractivity contribution in [3.63, 3.8) is 0 Å². The Morgan fingerprint density at radius 1 is 1.35 bits per heavy atom. The Hall–Kier alpha value is -1.88. The fourth-order valence-corrected chi connectivity index (χ4v) is 6.39. The predicted molar refractivity (Wildman–Crippen MR) is 93.7 cm³/mol. The lowest BCUT2D eigenvalue weighted by Gasteiger charge is -2.57. The molecule has 5 aliphatic rings. The number of phenols is 1. The van der Waals surface area contributed by atoms with Crippen molar-refractivity contribution in [3.05, 3.63) is 22.8 Å². The van der Waals surface area contributed by atoms with Crippen LogP contribution in [0.5, 0.6) is 11.5 Å². The number of likely N-dealkylation sites (N-methyl/N-ethyl adjacent to an activating group) is 1. The SMILES string of the molecule is CN1CC[C@]23c4c5c(C(=O)C6CC6)cc(O)c4O[C@H]2C(=O)CC[C@H]3[C@H]1C5. The highest BCUT2D eigenvalue weighted by atomic mass is 16.5. The second-order valence-electron chi connectivity index (χ2n) is 8.92. The molecule has 3 aliphatic carbocycles. The molecule has 5 nitrogen and oxygen atoms in total. The van der Waals surface area contributed by atoms with Gasteiger partial charge in [0.15, 0.2) is 29.2 Å². The van der Waals surface area contributed by atoms with Crippen LogP contribution in [0.4, 0.5) is 0 Å². The predicted octanol–water partition coefficient (Wildman–Crippen LogP) is 2.22. The van der Waals surface area contributed by atoms with Crippen molar-refractivity contribution in [2.75, 3.05) is 13.6 Å². The van der Waals surface area contributed by atoms with E-state index in [9.17, 15) is 14.7 Å². The Balaban J connectivity index is 1.65. The first-order valence-electron chi connectivity index (χ1n) is 9.85. The standard InChI is InChI=1S/C21H23NO4/c1-22-7-6-21-13-4-5-15(23)20(21)26-19-16(24)9-12(18(25)10-2-3-10)11(17(19)21)8-14(13)22/h9-10,13-14,20,24H,2-8H2,1H3/t13-,14+,20-,21-/m0/s1. The van der Waals surface area contributed by atoms with Gasteiger partial charge in [-0.15, -0.1) is 0 Å². The number of Topliss-reactive ketones (excluding diaryl/α,β-unsaturated/α-hetero) is 2. The van der Waals surface area contributed by atoms with E-state index in [1.165, 1.54) is 0 Å². The van der Waals surface area contributed by atoms with Gasteiger partial charge in [0, 0.05) is 34.9 Å². The molecule has 3 fully saturated rings. The third kappa shape index (κ3) is 1.62. The summed E-state index contributed by atoms with van der Waals surface area (Å²) in [6.07, 6.45) is 4.54. The van der Waals surface area contributed by atoms with Crippen molar-refractivity contribution in [2.24, 2.45) is 11.8 Å². The highest BCUT2D eigenvalue weighted by Crippen LogP contribution is 2.63. The number of carbonyl (C=O) groups is 2. The van der Waals surface area contributed by atoms with Crippen molar-refractivity contribution in [1.29, 1.82) is 0 Å². The van der Waals surface area contributed by atoms with Gasteiger partial charge in [-0.2, -0.15) is 0 Å². The van der Waals surface area contributed by atoms with Crippen LogP contribution in [0.15, 0.2) is 6.07 Å². The zero-order valence-corrected chi connectivity index (χ0v) is 15.0. The van der Waals surface area contributed by atoms with E-state index in [1.54, 1.807) is 6.07 Å². The Kier molecular flexibility index (Phi) is 2.74. The van der Waals surface area contributed by atoms with E-state index in [4.69, 9.17) is 4.74 Å². The van der Waals surface area contributed by atoms with Crippen molar-refractivity contribution >= 4 is 11.6 Å². The van der Waals surface area contributed by atoms with Crippen LogP contribution in [-0.4, -0.2) is 47.3 Å². The number of hydrogen-bond acceptors (Lipinski definition) is 5. The van der Waals surface area contributed by atoms with E-state index in [-0.39, 0.29) is 28.6 Å². The Labute approximate surface area is 152 Å². The number of carbonyl (C=O) groups excluding carboxylic acids is 2. The molecule has 2 aliphatic heterocycles. The summed E-state index contributed by atoms with van der Waals surface area (Å²) in [6, 6.07) is 1.96. The van der Waals surface area contributed by atoms with Gasteiger partial charge >= 0.3 is 0 Å². The summed E-state index contributed by atoms with van der Waals surface area (Å²) in [5, 5.41) is 10.7. The monoisotopic (exact) mass is 353 g/mol. The first-order chi connectivity index (χ1) is 12.5. The number of ether oxygens (including phenoxy) is 1. The van der Waals surface area contributed by atoms with Crippen LogP contribution >= 0.6 is 0 Å². The van der Waals surface area contributed by atoms with Crippen LogP contribution in [0, 0.1) is 11.8 Å². The minimum Gasteiger partial charge on any atom is -0.504 e. The van der Waals surface area contributed by atoms with Crippen molar-refractivity contribution in [3.8, 4) is 11.5 Å². The van der Waals surface area contributed by atoms with Crippen molar-refractivity contribution in [1.82, 2.24) is 4.90 Å². The molecule has 4 atom stereocenters. The highest BCUT2D eigenvalue weighted by molar-refractivity contribution is 6.02. The molecule has 0 amide bonds. The molecule has 136 valence electrons. The average Bonchev–Trinajstić information content (AvgIpc) is 3.41. The van der Waals surface area contributed by atoms with E-state index in [0.29, 0.717) is 29.7 Å². The number of hydrogen-bond donors (Lipinski definition) is 1. The summed E-state index contributed by atoms with van der Waals surface area (Å²) in [6.45, 7) is 0.925. The second kappa shape index (κ2) is 4.69. The summed E-state index contributed by atoms with van der Waals surface area (Å²) in [5.41, 5.74) is 2.41. The summed E-state index contributed by atoms with van der Waals surface area (Å²) < 4.78 is 6.14. The quantitative estimate of drug-likeness (QED) is 0.826. The Bertz CT molecular complexity index is 873. The first-order valence-corrected chi connectivity index (χ1v) is 9.85. The Morgan fingerprint density at radius 3 is 2.92 bits per heavy atom. The molecule has 0 unspecified atom stereocenters. The molecule has 2 bridgehead atoms. The molecule has 1 N–H and O–H groups in total. The van der Waals surface area contributed by atoms with Crippen LogP contribution in [0.25, 0.3) is 0 Å². The molecule has 26 heavy (non-hydrogen) atoms. The van der Waals surface area contributed by atoms with Gasteiger partial charge in [0.05, 0.1) is 0 Å². The number of rotatable bonds is 2. The van der Waals surface area contributed by atoms with Gasteiger partial charge in [-0.3, -0.25) is 9.59 Å². The fourth-order valence-electron chi connectivity index (χ4n) is 6.39. The summed E-state index contributed by atoms with van der Waals surface area (Å²) >= 11 is 0. The lowest BCUT2D eigenvalue weighted by molar-refractivity contribution is -0.138. The van der Waals surface area contributed by atoms with E-state index >= 15 is 0 Å². The molecule has 0 aromatic heterocycles. The third-order valence-corrected chi connectivity index (χ3v) is 7.73. The maximum absolute atomic E-state index is 12.9. The van der Waals surface area contributed by atoms with Crippen molar-refractivity contribution < 1.29 is 19.4 Å². The molecule has 1 saturated heterocycles. The lowest BCUT2D eigenvalue weighted by Crippen LogP contribution is -2.65. The summed E-state index contributed by atoms with van der Waals surface area (Å²) in [5.74, 6) is 1.33. The van der Waals surface area contributed by atoms with Gasteiger partial charge in [-0.05, 0) is 63.2 Å². The number of benzene rings is 1. The van der Waals surface area contributed by atoms with Crippen LogP contribution in [0.3, 0.4) is 0 Å². The molecular formula is C21H23NO4. The number of ketones is 2. The minimum atomic E-state index is -0.483. The number of piperidine rings is 1. The van der Waals surface area contributed by atoms with Gasteiger partial charge in [0.1, 0.15) is 0 Å². The molecule has 2 saturated carbocycles. The number of likely N-dealkylation sites (tertiary alicyclic amines) is 1. The highest BCUT2D eigenvalue weighted by Gasteiger charge is 2.66. The topological polar surface area (TPSA) is 66.8 Å². The zero-order valence-electron chi connectivity index (χ0n) is 15.0. The zero-order chi connectivity index (χ0) is 17.8. The first kappa shape index (κ1) is 15.2. The molecule has 1 aromatic rings. The van der Waals surface area contributed by atoms with Gasteiger partial charge in [0.2, 0.25) is 0 Å². The number of nitrogens with zero attached hydrogens (tertiary/aromatic N) is 1. The normalized spacial score (nSPS) is 37.3. The van der Waals surface area contributed by atoms with E-state index in [2.05, 4.69) is 11.9 Å². The average molecular weight is 353 g/mol. The van der Waals surface area contributed by atoms with Gasteiger partial charge in [0.25, 0.3) is 0 Å². The molecular weight excluding hydrogens is 330 g/mol. The van der Waals surface area contributed by atoms with Crippen LogP contribution in [-0.2, 0) is 16.6 Å². The van der Waals surface area contributed by atoms with Crippen LogP contribution in [0.2, 0.25) is 0 Å². The molecule has 1 aromatic carbocycles.